The summed E-state index contributed by atoms with van der Waals surface area (Å²) in [4.78, 5) is 28.5. The van der Waals surface area contributed by atoms with E-state index < -0.39 is 6.04 Å². The van der Waals surface area contributed by atoms with Crippen molar-refractivity contribution in [2.45, 2.75) is 45.2 Å². The van der Waals surface area contributed by atoms with Gasteiger partial charge in [-0.25, -0.2) is 4.39 Å². The average molecular weight is 396 g/mol. The summed E-state index contributed by atoms with van der Waals surface area (Å²) in [7, 11) is 0. The van der Waals surface area contributed by atoms with Crippen LogP contribution in [0.5, 0.6) is 0 Å². The molecule has 1 saturated heterocycles. The van der Waals surface area contributed by atoms with Gasteiger partial charge in [0.15, 0.2) is 0 Å². The van der Waals surface area contributed by atoms with Crippen molar-refractivity contribution < 1.29 is 14.0 Å². The highest BCUT2D eigenvalue weighted by Gasteiger charge is 2.35. The van der Waals surface area contributed by atoms with Crippen LogP contribution < -0.4 is 5.32 Å². The van der Waals surface area contributed by atoms with E-state index in [0.29, 0.717) is 43.3 Å². The van der Waals surface area contributed by atoms with Crippen molar-refractivity contribution in [1.82, 2.24) is 15.1 Å². The number of carbonyl (C=O) groups excluding carboxylic acids is 2. The predicted octanol–water partition coefficient (Wildman–Crippen LogP) is 2.82. The Morgan fingerprint density at radius 1 is 1.22 bits per heavy atom. The van der Waals surface area contributed by atoms with E-state index in [-0.39, 0.29) is 23.5 Å². The maximum absolute atomic E-state index is 14.0. The Morgan fingerprint density at radius 3 is 2.48 bits per heavy atom. The fourth-order valence-electron chi connectivity index (χ4n) is 4.12. The summed E-state index contributed by atoms with van der Waals surface area (Å²) < 4.78 is 14.0. The fraction of sp³-hybridized carbons (Fsp3) is 0.600. The molecule has 0 bridgehead atoms. The largest absolute Gasteiger partial charge is 0.344 e. The summed E-state index contributed by atoms with van der Waals surface area (Å²) in [6.07, 6.45) is 4.21. The number of halogens is 2. The van der Waals surface area contributed by atoms with E-state index in [1.165, 1.54) is 13.0 Å². The lowest BCUT2D eigenvalue weighted by atomic mass is 9.96. The van der Waals surface area contributed by atoms with Crippen LogP contribution >= 0.6 is 11.6 Å². The molecule has 27 heavy (non-hydrogen) atoms. The quantitative estimate of drug-likeness (QED) is 0.834. The molecular formula is C20H27ClFN3O2. The van der Waals surface area contributed by atoms with Crippen molar-refractivity contribution in [3.63, 3.8) is 0 Å². The zero-order chi connectivity index (χ0) is 19.4. The van der Waals surface area contributed by atoms with E-state index >= 15 is 0 Å². The van der Waals surface area contributed by atoms with Crippen LogP contribution in [0.4, 0.5) is 4.39 Å². The SMILES string of the molecule is CC(=O)NC(C(=O)N1CCN(Cc2c(F)cccc2Cl)CC1)C1CCCC1. The molecule has 2 amide bonds. The molecule has 148 valence electrons. The number of rotatable bonds is 5. The monoisotopic (exact) mass is 395 g/mol. The van der Waals surface area contributed by atoms with Gasteiger partial charge in [-0.3, -0.25) is 14.5 Å². The molecule has 1 atom stereocenters. The first kappa shape index (κ1) is 20.1. The molecule has 3 rings (SSSR count). The molecule has 2 fully saturated rings. The van der Waals surface area contributed by atoms with Crippen LogP contribution in [0.15, 0.2) is 18.2 Å². The maximum Gasteiger partial charge on any atom is 0.245 e. The number of hydrogen-bond donors (Lipinski definition) is 1. The fourth-order valence-corrected chi connectivity index (χ4v) is 4.34. The van der Waals surface area contributed by atoms with Crippen LogP contribution in [0.3, 0.4) is 0 Å². The molecule has 1 unspecified atom stereocenters. The number of nitrogens with one attached hydrogen (secondary N) is 1. The Balaban J connectivity index is 1.58. The zero-order valence-electron chi connectivity index (χ0n) is 15.7. The molecule has 0 radical (unpaired) electrons. The van der Waals surface area contributed by atoms with Gasteiger partial charge < -0.3 is 10.2 Å². The van der Waals surface area contributed by atoms with Crippen LogP contribution in [0.25, 0.3) is 0 Å². The summed E-state index contributed by atoms with van der Waals surface area (Å²) in [5.74, 6) is -0.210. The lowest BCUT2D eigenvalue weighted by molar-refractivity contribution is -0.139. The number of piperazine rings is 1. The second kappa shape index (κ2) is 9.02. The van der Waals surface area contributed by atoms with Crippen LogP contribution in [0.1, 0.15) is 38.2 Å². The Bertz CT molecular complexity index is 666. The number of nitrogens with zero attached hydrogens (tertiary/aromatic N) is 2. The molecule has 1 aliphatic carbocycles. The molecule has 1 N–H and O–H groups in total. The topological polar surface area (TPSA) is 52.7 Å². The normalized spacial score (nSPS) is 19.9. The van der Waals surface area contributed by atoms with E-state index in [9.17, 15) is 14.0 Å². The highest BCUT2D eigenvalue weighted by molar-refractivity contribution is 6.31. The second-order valence-corrected chi connectivity index (χ2v) is 7.93. The van der Waals surface area contributed by atoms with E-state index in [1.54, 1.807) is 12.1 Å². The third-order valence-corrected chi connectivity index (χ3v) is 5.98. The Hall–Kier alpha value is -1.66. The summed E-state index contributed by atoms with van der Waals surface area (Å²) >= 11 is 6.12. The number of carbonyl (C=O) groups is 2. The molecule has 1 aliphatic heterocycles. The molecule has 1 aromatic rings. The van der Waals surface area contributed by atoms with Crippen LogP contribution in [-0.4, -0.2) is 53.8 Å². The van der Waals surface area contributed by atoms with E-state index in [4.69, 9.17) is 11.6 Å². The minimum atomic E-state index is -0.419. The minimum absolute atomic E-state index is 0.0145. The lowest BCUT2D eigenvalue weighted by Gasteiger charge is -2.37. The first-order valence-electron chi connectivity index (χ1n) is 9.67. The van der Waals surface area contributed by atoms with E-state index in [2.05, 4.69) is 10.2 Å². The van der Waals surface area contributed by atoms with Gasteiger partial charge in [-0.15, -0.1) is 0 Å². The lowest BCUT2D eigenvalue weighted by Crippen LogP contribution is -2.56. The molecule has 0 spiro atoms. The molecule has 1 aromatic carbocycles. The van der Waals surface area contributed by atoms with Crippen LogP contribution in [-0.2, 0) is 16.1 Å². The molecule has 1 saturated carbocycles. The standard InChI is InChI=1S/C20H27ClFN3O2/c1-14(26)23-19(15-5-2-3-6-15)20(27)25-11-9-24(10-12-25)13-16-17(21)7-4-8-18(16)22/h4,7-8,15,19H,2-3,5-6,9-13H2,1H3,(H,23,26). The van der Waals surface area contributed by atoms with Gasteiger partial charge in [0.25, 0.3) is 0 Å². The van der Waals surface area contributed by atoms with Gasteiger partial charge in [0.05, 0.1) is 0 Å². The van der Waals surface area contributed by atoms with Gasteiger partial charge >= 0.3 is 0 Å². The molecule has 7 heteroatoms. The van der Waals surface area contributed by atoms with Gasteiger partial charge in [-0.2, -0.15) is 0 Å². The highest BCUT2D eigenvalue weighted by Crippen LogP contribution is 2.29. The molecular weight excluding hydrogens is 369 g/mol. The number of hydrogen-bond acceptors (Lipinski definition) is 3. The third kappa shape index (κ3) is 4.99. The maximum atomic E-state index is 14.0. The summed E-state index contributed by atoms with van der Waals surface area (Å²) in [5.41, 5.74) is 0.501. The van der Waals surface area contributed by atoms with Crippen molar-refractivity contribution in [3.8, 4) is 0 Å². The first-order chi connectivity index (χ1) is 13.0. The number of benzene rings is 1. The van der Waals surface area contributed by atoms with Crippen molar-refractivity contribution in [2.24, 2.45) is 5.92 Å². The minimum Gasteiger partial charge on any atom is -0.344 e. The highest BCUT2D eigenvalue weighted by atomic mass is 35.5. The smallest absolute Gasteiger partial charge is 0.245 e. The van der Waals surface area contributed by atoms with Crippen molar-refractivity contribution in [2.75, 3.05) is 26.2 Å². The second-order valence-electron chi connectivity index (χ2n) is 7.52. The number of amides is 2. The van der Waals surface area contributed by atoms with Gasteiger partial charge in [-0.1, -0.05) is 30.5 Å². The van der Waals surface area contributed by atoms with E-state index in [1.807, 2.05) is 4.90 Å². The van der Waals surface area contributed by atoms with Crippen molar-refractivity contribution in [3.05, 3.63) is 34.6 Å². The van der Waals surface area contributed by atoms with Gasteiger partial charge in [0.2, 0.25) is 11.8 Å². The van der Waals surface area contributed by atoms with E-state index in [0.717, 1.165) is 25.7 Å². The van der Waals surface area contributed by atoms with Crippen molar-refractivity contribution >= 4 is 23.4 Å². The Kier molecular flexibility index (Phi) is 6.71. The third-order valence-electron chi connectivity index (χ3n) is 5.62. The predicted molar refractivity (Wildman–Crippen MR) is 103 cm³/mol. The van der Waals surface area contributed by atoms with Crippen LogP contribution in [0.2, 0.25) is 5.02 Å². The molecule has 2 aliphatic rings. The zero-order valence-corrected chi connectivity index (χ0v) is 16.5. The Morgan fingerprint density at radius 2 is 1.89 bits per heavy atom. The molecule has 0 aromatic heterocycles. The molecule has 1 heterocycles. The van der Waals surface area contributed by atoms with Crippen molar-refractivity contribution in [1.29, 1.82) is 0 Å². The average Bonchev–Trinajstić information content (AvgIpc) is 3.17. The van der Waals surface area contributed by atoms with Crippen LogP contribution in [0, 0.1) is 11.7 Å². The summed E-state index contributed by atoms with van der Waals surface area (Å²) in [5, 5.41) is 3.31. The first-order valence-corrected chi connectivity index (χ1v) is 10.0. The van der Waals surface area contributed by atoms with Gasteiger partial charge in [-0.05, 0) is 30.9 Å². The summed E-state index contributed by atoms with van der Waals surface area (Å²) in [6.45, 7) is 4.37. The summed E-state index contributed by atoms with van der Waals surface area (Å²) in [6, 6.07) is 4.29. The van der Waals surface area contributed by atoms with Gasteiger partial charge in [0, 0.05) is 50.2 Å². The molecule has 5 nitrogen and oxygen atoms in total. The Labute approximate surface area is 164 Å². The van der Waals surface area contributed by atoms with Gasteiger partial charge in [0.1, 0.15) is 11.9 Å².